The quantitative estimate of drug-likeness (QED) is 0.868. The van der Waals surface area contributed by atoms with Gasteiger partial charge >= 0.3 is 0 Å². The van der Waals surface area contributed by atoms with Crippen molar-refractivity contribution < 1.29 is 0 Å². The third-order valence-electron chi connectivity index (χ3n) is 2.51. The molecule has 0 aliphatic carbocycles. The van der Waals surface area contributed by atoms with Crippen LogP contribution in [0.4, 0.5) is 0 Å². The van der Waals surface area contributed by atoms with Gasteiger partial charge in [-0.2, -0.15) is 0 Å². The summed E-state index contributed by atoms with van der Waals surface area (Å²) < 4.78 is 0. The molecule has 0 spiro atoms. The summed E-state index contributed by atoms with van der Waals surface area (Å²) in [5.41, 5.74) is 9.02. The van der Waals surface area contributed by atoms with Crippen molar-refractivity contribution in [2.75, 3.05) is 0 Å². The van der Waals surface area contributed by atoms with Gasteiger partial charge in [0.1, 0.15) is 5.03 Å². The summed E-state index contributed by atoms with van der Waals surface area (Å²) >= 11 is 1.48. The Morgan fingerprint density at radius 3 is 2.47 bits per heavy atom. The first kappa shape index (κ1) is 14.0. The van der Waals surface area contributed by atoms with Crippen molar-refractivity contribution in [3.8, 4) is 0 Å². The van der Waals surface area contributed by atoms with Crippen LogP contribution in [0, 0.1) is 13.8 Å². The van der Waals surface area contributed by atoms with Gasteiger partial charge in [0.2, 0.25) is 0 Å². The van der Waals surface area contributed by atoms with Crippen LogP contribution in [0.3, 0.4) is 0 Å². The van der Waals surface area contributed by atoms with E-state index >= 15 is 0 Å². The molecule has 0 saturated heterocycles. The number of pyridine rings is 1. The molecule has 100 valence electrons. The van der Waals surface area contributed by atoms with E-state index in [4.69, 9.17) is 5.73 Å². The lowest BCUT2D eigenvalue weighted by Gasteiger charge is -2.05. The van der Waals surface area contributed by atoms with E-state index in [1.54, 1.807) is 0 Å². The van der Waals surface area contributed by atoms with Gasteiger partial charge < -0.3 is 5.73 Å². The number of nitrogens with zero attached hydrogens (tertiary/aromatic N) is 3. The lowest BCUT2D eigenvalue weighted by Crippen LogP contribution is -2.17. The van der Waals surface area contributed by atoms with Gasteiger partial charge in [-0.1, -0.05) is 0 Å². The molecule has 0 aliphatic rings. The van der Waals surface area contributed by atoms with Gasteiger partial charge in [0.15, 0.2) is 5.16 Å². The fourth-order valence-electron chi connectivity index (χ4n) is 1.82. The molecular formula is C14H18N4S. The van der Waals surface area contributed by atoms with Crippen LogP contribution in [-0.2, 0) is 6.42 Å². The molecule has 0 aromatic carbocycles. The van der Waals surface area contributed by atoms with Gasteiger partial charge in [0, 0.05) is 24.1 Å². The van der Waals surface area contributed by atoms with Crippen LogP contribution in [0.1, 0.15) is 23.7 Å². The van der Waals surface area contributed by atoms with E-state index in [1.165, 1.54) is 17.3 Å². The molecule has 0 fully saturated rings. The van der Waals surface area contributed by atoms with E-state index in [-0.39, 0.29) is 6.04 Å². The van der Waals surface area contributed by atoms with E-state index < -0.39 is 0 Å². The fraction of sp³-hybridized carbons (Fsp3) is 0.357. The van der Waals surface area contributed by atoms with Gasteiger partial charge in [-0.15, -0.1) is 0 Å². The zero-order valence-electron chi connectivity index (χ0n) is 11.4. The van der Waals surface area contributed by atoms with E-state index in [0.29, 0.717) is 5.16 Å². The van der Waals surface area contributed by atoms with Gasteiger partial charge in [0.05, 0.1) is 0 Å². The predicted octanol–water partition coefficient (Wildman–Crippen LogP) is 2.53. The first-order chi connectivity index (χ1) is 9.02. The number of hydrogen-bond donors (Lipinski definition) is 1. The topological polar surface area (TPSA) is 64.7 Å². The first-order valence-electron chi connectivity index (χ1n) is 6.22. The van der Waals surface area contributed by atoms with E-state index in [0.717, 1.165) is 22.7 Å². The predicted molar refractivity (Wildman–Crippen MR) is 77.2 cm³/mol. The molecule has 0 aliphatic heterocycles. The van der Waals surface area contributed by atoms with Gasteiger partial charge in [-0.3, -0.25) is 0 Å². The van der Waals surface area contributed by atoms with Crippen molar-refractivity contribution >= 4 is 11.8 Å². The molecule has 2 N–H and O–H groups in total. The van der Waals surface area contributed by atoms with Crippen molar-refractivity contribution in [3.63, 3.8) is 0 Å². The minimum Gasteiger partial charge on any atom is -0.328 e. The minimum absolute atomic E-state index is 0.128. The Morgan fingerprint density at radius 1 is 1.21 bits per heavy atom. The Hall–Kier alpha value is -1.46. The highest BCUT2D eigenvalue weighted by Crippen LogP contribution is 2.23. The highest BCUT2D eigenvalue weighted by molar-refractivity contribution is 7.99. The zero-order chi connectivity index (χ0) is 13.8. The summed E-state index contributed by atoms with van der Waals surface area (Å²) in [7, 11) is 0. The van der Waals surface area contributed by atoms with Gasteiger partial charge in [0.25, 0.3) is 0 Å². The maximum atomic E-state index is 5.75. The molecule has 1 unspecified atom stereocenters. The normalized spacial score (nSPS) is 12.4. The van der Waals surface area contributed by atoms with E-state index in [9.17, 15) is 0 Å². The molecule has 2 aromatic rings. The molecule has 1 atom stereocenters. The third kappa shape index (κ3) is 4.29. The Balaban J connectivity index is 2.10. The number of hydrogen-bond acceptors (Lipinski definition) is 5. The van der Waals surface area contributed by atoms with Crippen LogP contribution >= 0.6 is 11.8 Å². The minimum atomic E-state index is 0.128. The lowest BCUT2D eigenvalue weighted by atomic mass is 10.1. The SMILES string of the molecule is Cc1cc(C)nc(Sc2ncc(CC(C)N)cn2)c1. The summed E-state index contributed by atoms with van der Waals surface area (Å²) in [6.45, 7) is 6.02. The molecule has 0 saturated carbocycles. The molecule has 2 aromatic heterocycles. The zero-order valence-corrected chi connectivity index (χ0v) is 12.2. The maximum absolute atomic E-state index is 5.75. The van der Waals surface area contributed by atoms with Crippen LogP contribution in [0.15, 0.2) is 34.7 Å². The monoisotopic (exact) mass is 274 g/mol. The summed E-state index contributed by atoms with van der Waals surface area (Å²) in [5.74, 6) is 0. The second-order valence-corrected chi connectivity index (χ2v) is 5.77. The fourth-order valence-corrected chi connectivity index (χ4v) is 2.66. The molecule has 2 heterocycles. The molecule has 5 heteroatoms. The average Bonchev–Trinajstić information content (AvgIpc) is 2.29. The first-order valence-corrected chi connectivity index (χ1v) is 7.04. The second kappa shape index (κ2) is 6.12. The number of rotatable bonds is 4. The lowest BCUT2D eigenvalue weighted by molar-refractivity contribution is 0.727. The highest BCUT2D eigenvalue weighted by atomic mass is 32.2. The maximum Gasteiger partial charge on any atom is 0.193 e. The molecule has 4 nitrogen and oxygen atoms in total. The second-order valence-electron chi connectivity index (χ2n) is 4.78. The smallest absolute Gasteiger partial charge is 0.193 e. The Kier molecular flexibility index (Phi) is 4.50. The third-order valence-corrected chi connectivity index (χ3v) is 3.32. The van der Waals surface area contributed by atoms with Crippen molar-refractivity contribution in [3.05, 3.63) is 41.3 Å². The van der Waals surface area contributed by atoms with Crippen molar-refractivity contribution in [2.45, 2.75) is 43.4 Å². The Morgan fingerprint density at radius 2 is 1.89 bits per heavy atom. The molecule has 2 rings (SSSR count). The van der Waals surface area contributed by atoms with Crippen LogP contribution in [0.2, 0.25) is 0 Å². The van der Waals surface area contributed by atoms with Crippen molar-refractivity contribution in [2.24, 2.45) is 5.73 Å². The van der Waals surface area contributed by atoms with E-state index in [2.05, 4.69) is 27.9 Å². The largest absolute Gasteiger partial charge is 0.328 e. The average molecular weight is 274 g/mol. The Bertz CT molecular complexity index is 532. The van der Waals surface area contributed by atoms with E-state index in [1.807, 2.05) is 32.3 Å². The van der Waals surface area contributed by atoms with Crippen molar-refractivity contribution in [1.82, 2.24) is 15.0 Å². The number of nitrogens with two attached hydrogens (primary N) is 1. The molecular weight excluding hydrogens is 256 g/mol. The number of aryl methyl sites for hydroxylation is 2. The van der Waals surface area contributed by atoms with Gasteiger partial charge in [-0.05, 0) is 62.2 Å². The molecule has 0 bridgehead atoms. The summed E-state index contributed by atoms with van der Waals surface area (Å²) in [5, 5.41) is 1.64. The van der Waals surface area contributed by atoms with Crippen LogP contribution < -0.4 is 5.73 Å². The standard InChI is InChI=1S/C14H18N4S/c1-9-4-11(3)18-13(5-9)19-14-16-7-12(8-17-14)6-10(2)15/h4-5,7-8,10H,6,15H2,1-3H3. The summed E-state index contributed by atoms with van der Waals surface area (Å²) in [4.78, 5) is 13.1. The number of aromatic nitrogens is 3. The Labute approximate surface area is 117 Å². The van der Waals surface area contributed by atoms with Crippen LogP contribution in [-0.4, -0.2) is 21.0 Å². The highest BCUT2D eigenvalue weighted by Gasteiger charge is 2.05. The molecule has 0 radical (unpaired) electrons. The molecule has 19 heavy (non-hydrogen) atoms. The van der Waals surface area contributed by atoms with Crippen LogP contribution in [0.25, 0.3) is 0 Å². The summed E-state index contributed by atoms with van der Waals surface area (Å²) in [6, 6.07) is 4.22. The molecule has 0 amide bonds. The van der Waals surface area contributed by atoms with Gasteiger partial charge in [-0.25, -0.2) is 15.0 Å². The summed E-state index contributed by atoms with van der Waals surface area (Å²) in [6.07, 6.45) is 4.47. The van der Waals surface area contributed by atoms with Crippen LogP contribution in [0.5, 0.6) is 0 Å². The van der Waals surface area contributed by atoms with Crippen molar-refractivity contribution in [1.29, 1.82) is 0 Å².